The smallest absolute Gasteiger partial charge is 0.308 e. The molecular weight excluding hydrogens is 329 g/mol. The van der Waals surface area contributed by atoms with Crippen LogP contribution in [-0.2, 0) is 4.79 Å². The summed E-state index contributed by atoms with van der Waals surface area (Å²) >= 11 is 13.4. The van der Waals surface area contributed by atoms with Crippen molar-refractivity contribution in [1.29, 1.82) is 5.26 Å². The molecule has 0 saturated carbocycles. The van der Waals surface area contributed by atoms with Crippen molar-refractivity contribution in [1.82, 2.24) is 0 Å². The van der Waals surface area contributed by atoms with Gasteiger partial charge in [0.05, 0.1) is 21.6 Å². The van der Waals surface area contributed by atoms with Gasteiger partial charge in [-0.25, -0.2) is 0 Å². The summed E-state index contributed by atoms with van der Waals surface area (Å²) in [5, 5.41) is 9.81. The lowest BCUT2D eigenvalue weighted by Gasteiger charge is -2.10. The Hall–Kier alpha value is -1.67. The molecule has 0 aliphatic rings. The van der Waals surface area contributed by atoms with E-state index < -0.39 is 5.97 Å². The second kappa shape index (κ2) is 6.86. The molecule has 2 rings (SSSR count). The van der Waals surface area contributed by atoms with E-state index in [4.69, 9.17) is 33.2 Å². The zero-order valence-corrected chi connectivity index (χ0v) is 13.2. The zero-order chi connectivity index (χ0) is 15.4. The van der Waals surface area contributed by atoms with E-state index in [9.17, 15) is 4.79 Å². The van der Waals surface area contributed by atoms with Gasteiger partial charge in [-0.15, -0.1) is 0 Å². The lowest BCUT2D eigenvalue weighted by Crippen LogP contribution is -2.02. The van der Waals surface area contributed by atoms with E-state index in [1.165, 1.54) is 18.7 Å². The molecule has 0 N–H and O–H groups in total. The molecule has 0 fully saturated rings. The van der Waals surface area contributed by atoms with Crippen LogP contribution in [0.25, 0.3) is 0 Å². The molecule has 0 aliphatic heterocycles. The van der Waals surface area contributed by atoms with Crippen molar-refractivity contribution in [2.75, 3.05) is 0 Å². The monoisotopic (exact) mass is 337 g/mol. The second-order valence-corrected chi connectivity index (χ2v) is 5.97. The van der Waals surface area contributed by atoms with E-state index in [0.717, 1.165) is 4.90 Å². The molecule has 106 valence electrons. The maximum atomic E-state index is 11.1. The first-order valence-electron chi connectivity index (χ1n) is 5.85. The van der Waals surface area contributed by atoms with Crippen molar-refractivity contribution in [3.05, 3.63) is 52.0 Å². The van der Waals surface area contributed by atoms with E-state index in [1.54, 1.807) is 36.4 Å². The SMILES string of the molecule is CC(=O)Oc1ccc(Cl)cc1Sc1ccc(C#N)cc1Cl. The van der Waals surface area contributed by atoms with Crippen LogP contribution in [0.15, 0.2) is 46.2 Å². The van der Waals surface area contributed by atoms with Crippen LogP contribution >= 0.6 is 35.0 Å². The Balaban J connectivity index is 2.36. The zero-order valence-electron chi connectivity index (χ0n) is 10.9. The summed E-state index contributed by atoms with van der Waals surface area (Å²) in [4.78, 5) is 12.5. The molecule has 0 heterocycles. The van der Waals surface area contributed by atoms with Crippen molar-refractivity contribution in [3.8, 4) is 11.8 Å². The molecule has 0 unspecified atom stereocenters. The summed E-state index contributed by atoms with van der Waals surface area (Å²) < 4.78 is 5.14. The number of carbonyl (C=O) groups is 1. The number of carbonyl (C=O) groups excluding carboxylic acids is 1. The van der Waals surface area contributed by atoms with Crippen LogP contribution in [0, 0.1) is 11.3 Å². The average molecular weight is 338 g/mol. The van der Waals surface area contributed by atoms with Crippen molar-refractivity contribution < 1.29 is 9.53 Å². The minimum Gasteiger partial charge on any atom is -0.426 e. The van der Waals surface area contributed by atoms with Gasteiger partial charge in [-0.05, 0) is 36.4 Å². The van der Waals surface area contributed by atoms with E-state index in [0.29, 0.717) is 26.3 Å². The number of halogens is 2. The number of esters is 1. The van der Waals surface area contributed by atoms with Crippen molar-refractivity contribution in [3.63, 3.8) is 0 Å². The van der Waals surface area contributed by atoms with Crippen molar-refractivity contribution >= 4 is 40.9 Å². The van der Waals surface area contributed by atoms with E-state index in [1.807, 2.05) is 6.07 Å². The maximum Gasteiger partial charge on any atom is 0.308 e. The van der Waals surface area contributed by atoms with E-state index in [-0.39, 0.29) is 0 Å². The highest BCUT2D eigenvalue weighted by molar-refractivity contribution is 7.99. The molecule has 0 aromatic heterocycles. The van der Waals surface area contributed by atoms with Gasteiger partial charge in [0.1, 0.15) is 5.75 Å². The minimum atomic E-state index is -0.412. The quantitative estimate of drug-likeness (QED) is 0.587. The Kier molecular flexibility index (Phi) is 5.13. The Bertz CT molecular complexity index is 741. The largest absolute Gasteiger partial charge is 0.426 e. The number of hydrogen-bond acceptors (Lipinski definition) is 4. The van der Waals surface area contributed by atoms with Gasteiger partial charge in [0.25, 0.3) is 0 Å². The molecule has 0 saturated heterocycles. The van der Waals surface area contributed by atoms with Crippen LogP contribution in [0.5, 0.6) is 5.75 Å². The van der Waals surface area contributed by atoms with Gasteiger partial charge in [-0.2, -0.15) is 5.26 Å². The predicted molar refractivity (Wildman–Crippen MR) is 83.1 cm³/mol. The second-order valence-electron chi connectivity index (χ2n) is 4.04. The Morgan fingerprint density at radius 3 is 2.57 bits per heavy atom. The van der Waals surface area contributed by atoms with Gasteiger partial charge < -0.3 is 4.74 Å². The van der Waals surface area contributed by atoms with Gasteiger partial charge in [0, 0.05) is 16.8 Å². The van der Waals surface area contributed by atoms with Crippen LogP contribution in [0.4, 0.5) is 0 Å². The Morgan fingerprint density at radius 2 is 1.95 bits per heavy atom. The first kappa shape index (κ1) is 15.7. The number of ether oxygens (including phenoxy) is 1. The summed E-state index contributed by atoms with van der Waals surface area (Å²) in [6.07, 6.45) is 0. The number of benzene rings is 2. The third-order valence-corrected chi connectivity index (χ3v) is 4.22. The summed E-state index contributed by atoms with van der Waals surface area (Å²) in [6, 6.07) is 12.0. The highest BCUT2D eigenvalue weighted by atomic mass is 35.5. The first-order valence-corrected chi connectivity index (χ1v) is 7.42. The van der Waals surface area contributed by atoms with Gasteiger partial charge in [0.2, 0.25) is 0 Å². The van der Waals surface area contributed by atoms with Gasteiger partial charge >= 0.3 is 5.97 Å². The average Bonchev–Trinajstić information content (AvgIpc) is 2.43. The topological polar surface area (TPSA) is 50.1 Å². The molecule has 21 heavy (non-hydrogen) atoms. The maximum absolute atomic E-state index is 11.1. The highest BCUT2D eigenvalue weighted by Gasteiger charge is 2.11. The molecule has 0 atom stereocenters. The third kappa shape index (κ3) is 4.15. The van der Waals surface area contributed by atoms with Gasteiger partial charge in [-0.1, -0.05) is 35.0 Å². The highest BCUT2D eigenvalue weighted by Crippen LogP contribution is 2.40. The van der Waals surface area contributed by atoms with Crippen LogP contribution < -0.4 is 4.74 Å². The standard InChI is InChI=1S/C15H9Cl2NO2S/c1-9(19)20-13-4-3-11(16)7-15(13)21-14-5-2-10(8-18)6-12(14)17/h2-7H,1H3. The fourth-order valence-corrected chi connectivity index (χ4v) is 3.03. The lowest BCUT2D eigenvalue weighted by molar-refractivity contribution is -0.132. The van der Waals surface area contributed by atoms with Gasteiger partial charge in [0.15, 0.2) is 0 Å². The number of rotatable bonds is 3. The number of nitriles is 1. The van der Waals surface area contributed by atoms with Crippen LogP contribution in [0.1, 0.15) is 12.5 Å². The number of hydrogen-bond donors (Lipinski definition) is 0. The normalized spacial score (nSPS) is 10.0. The van der Waals surface area contributed by atoms with Crippen LogP contribution in [-0.4, -0.2) is 5.97 Å². The lowest BCUT2D eigenvalue weighted by atomic mass is 10.2. The molecule has 2 aromatic carbocycles. The van der Waals surface area contributed by atoms with Gasteiger partial charge in [-0.3, -0.25) is 4.79 Å². The molecule has 0 radical (unpaired) electrons. The Labute approximate surface area is 136 Å². The third-order valence-electron chi connectivity index (χ3n) is 2.44. The van der Waals surface area contributed by atoms with Crippen molar-refractivity contribution in [2.45, 2.75) is 16.7 Å². The summed E-state index contributed by atoms with van der Waals surface area (Å²) in [5.74, 6) is 0.00224. The van der Waals surface area contributed by atoms with Crippen molar-refractivity contribution in [2.24, 2.45) is 0 Å². The molecule has 0 aliphatic carbocycles. The summed E-state index contributed by atoms with van der Waals surface area (Å²) in [7, 11) is 0. The van der Waals surface area contributed by atoms with E-state index >= 15 is 0 Å². The molecule has 0 amide bonds. The molecule has 0 spiro atoms. The predicted octanol–water partition coefficient (Wildman–Crippen LogP) is 4.94. The summed E-state index contributed by atoms with van der Waals surface area (Å²) in [6.45, 7) is 1.33. The minimum absolute atomic E-state index is 0.412. The van der Waals surface area contributed by atoms with Crippen LogP contribution in [0.3, 0.4) is 0 Å². The number of nitrogens with zero attached hydrogens (tertiary/aromatic N) is 1. The fraction of sp³-hybridized carbons (Fsp3) is 0.0667. The van der Waals surface area contributed by atoms with E-state index in [2.05, 4.69) is 0 Å². The Morgan fingerprint density at radius 1 is 1.19 bits per heavy atom. The molecule has 0 bridgehead atoms. The molecular formula is C15H9Cl2NO2S. The summed E-state index contributed by atoms with van der Waals surface area (Å²) in [5.41, 5.74) is 0.482. The first-order chi connectivity index (χ1) is 9.99. The van der Waals surface area contributed by atoms with Crippen LogP contribution in [0.2, 0.25) is 10.0 Å². The fourth-order valence-electron chi connectivity index (χ4n) is 1.57. The molecule has 3 nitrogen and oxygen atoms in total. The molecule has 2 aromatic rings. The molecule has 6 heteroatoms.